The topological polar surface area (TPSA) is 94.2 Å². The molecule has 0 unspecified atom stereocenters. The van der Waals surface area contributed by atoms with Gasteiger partial charge >= 0.3 is 5.63 Å². The van der Waals surface area contributed by atoms with Gasteiger partial charge in [0, 0.05) is 35.7 Å². The molecule has 1 fully saturated rings. The molecule has 2 heterocycles. The molecule has 4 rings (SSSR count). The summed E-state index contributed by atoms with van der Waals surface area (Å²) in [4.78, 5) is 11.4. The minimum Gasteiger partial charge on any atom is -0.423 e. The minimum absolute atomic E-state index is 0.0834. The SMILES string of the molecule is Cc1cc(C)n(CC2(CNS(=O)(=O)c3ccc4oc(=O)ccc4c3)CC2)n1. The van der Waals surface area contributed by atoms with Crippen molar-refractivity contribution < 1.29 is 12.8 Å². The number of rotatable bonds is 6. The first-order valence-corrected chi connectivity index (χ1v) is 10.3. The summed E-state index contributed by atoms with van der Waals surface area (Å²) in [7, 11) is -3.65. The van der Waals surface area contributed by atoms with Crippen LogP contribution in [0.15, 0.2) is 50.5 Å². The smallest absolute Gasteiger partial charge is 0.336 e. The van der Waals surface area contributed by atoms with E-state index in [0.29, 0.717) is 24.1 Å². The van der Waals surface area contributed by atoms with Crippen molar-refractivity contribution in [3.8, 4) is 0 Å². The van der Waals surface area contributed by atoms with Crippen molar-refractivity contribution in [3.63, 3.8) is 0 Å². The Morgan fingerprint density at radius 1 is 1.19 bits per heavy atom. The third-order valence-electron chi connectivity index (χ3n) is 5.08. The minimum atomic E-state index is -3.65. The highest BCUT2D eigenvalue weighted by Gasteiger charge is 2.44. The van der Waals surface area contributed by atoms with Crippen molar-refractivity contribution in [1.82, 2.24) is 14.5 Å². The number of benzene rings is 1. The Hall–Kier alpha value is -2.45. The Balaban J connectivity index is 1.51. The van der Waals surface area contributed by atoms with Crippen molar-refractivity contribution in [3.05, 3.63) is 58.2 Å². The van der Waals surface area contributed by atoms with Gasteiger partial charge < -0.3 is 4.42 Å². The number of aromatic nitrogens is 2. The lowest BCUT2D eigenvalue weighted by atomic mass is 10.1. The third kappa shape index (κ3) is 3.68. The summed E-state index contributed by atoms with van der Waals surface area (Å²) in [6, 6.07) is 9.34. The highest BCUT2D eigenvalue weighted by atomic mass is 32.2. The first kappa shape index (κ1) is 17.9. The predicted octanol–water partition coefficient (Wildman–Crippen LogP) is 2.37. The fourth-order valence-corrected chi connectivity index (χ4v) is 4.46. The van der Waals surface area contributed by atoms with E-state index in [4.69, 9.17) is 4.42 Å². The Morgan fingerprint density at radius 2 is 1.96 bits per heavy atom. The van der Waals surface area contributed by atoms with E-state index in [0.717, 1.165) is 24.2 Å². The van der Waals surface area contributed by atoms with E-state index in [1.165, 1.54) is 24.3 Å². The predicted molar refractivity (Wildman–Crippen MR) is 101 cm³/mol. The van der Waals surface area contributed by atoms with Crippen LogP contribution in [0.4, 0.5) is 0 Å². The molecule has 0 aliphatic heterocycles. The van der Waals surface area contributed by atoms with Crippen molar-refractivity contribution in [1.29, 1.82) is 0 Å². The average molecular weight is 387 g/mol. The van der Waals surface area contributed by atoms with Gasteiger partial charge in [-0.2, -0.15) is 5.10 Å². The number of hydrogen-bond donors (Lipinski definition) is 1. The molecule has 142 valence electrons. The number of nitrogens with zero attached hydrogens (tertiary/aromatic N) is 2. The molecule has 1 saturated carbocycles. The number of nitrogens with one attached hydrogen (secondary N) is 1. The number of sulfonamides is 1. The van der Waals surface area contributed by atoms with Crippen LogP contribution in [-0.2, 0) is 16.6 Å². The fourth-order valence-electron chi connectivity index (χ4n) is 3.27. The van der Waals surface area contributed by atoms with Gasteiger partial charge in [-0.1, -0.05) is 0 Å². The summed E-state index contributed by atoms with van der Waals surface area (Å²) in [6.07, 6.45) is 1.94. The maximum atomic E-state index is 12.7. The van der Waals surface area contributed by atoms with Crippen LogP contribution in [0.2, 0.25) is 0 Å². The second-order valence-corrected chi connectivity index (χ2v) is 9.13. The zero-order valence-corrected chi connectivity index (χ0v) is 16.0. The van der Waals surface area contributed by atoms with Gasteiger partial charge in [0.05, 0.1) is 10.6 Å². The maximum Gasteiger partial charge on any atom is 0.336 e. The van der Waals surface area contributed by atoms with Gasteiger partial charge in [0.1, 0.15) is 5.58 Å². The van der Waals surface area contributed by atoms with Gasteiger partial charge in [0.25, 0.3) is 0 Å². The second kappa shape index (κ2) is 6.31. The molecule has 1 N–H and O–H groups in total. The van der Waals surface area contributed by atoms with Gasteiger partial charge in [0.15, 0.2) is 0 Å². The molecule has 0 spiro atoms. The molecule has 27 heavy (non-hydrogen) atoms. The molecule has 0 saturated heterocycles. The van der Waals surface area contributed by atoms with Gasteiger partial charge in [-0.25, -0.2) is 17.9 Å². The Bertz CT molecular complexity index is 1170. The van der Waals surface area contributed by atoms with Gasteiger partial charge in [-0.05, 0) is 57.0 Å². The Labute approximate surface area is 157 Å². The maximum absolute atomic E-state index is 12.7. The Morgan fingerprint density at radius 3 is 2.63 bits per heavy atom. The molecular formula is C19H21N3O4S. The quantitative estimate of drug-likeness (QED) is 0.655. The van der Waals surface area contributed by atoms with Crippen molar-refractivity contribution in [2.24, 2.45) is 5.41 Å². The Kier molecular flexibility index (Phi) is 4.20. The lowest BCUT2D eigenvalue weighted by Crippen LogP contribution is -2.32. The van der Waals surface area contributed by atoms with E-state index in [1.54, 1.807) is 6.07 Å². The first-order valence-electron chi connectivity index (χ1n) is 8.81. The molecule has 0 atom stereocenters. The summed E-state index contributed by atoms with van der Waals surface area (Å²) in [5.41, 5.74) is 1.87. The standard InChI is InChI=1S/C19H21N3O4S/c1-13-9-14(2)22(21-13)12-19(7-8-19)11-20-27(24,25)16-4-5-17-15(10-16)3-6-18(23)26-17/h3-6,9-10,20H,7-8,11-12H2,1-2H3. The molecule has 2 aromatic heterocycles. The van der Waals surface area contributed by atoms with Gasteiger partial charge in [-0.3, -0.25) is 4.68 Å². The monoisotopic (exact) mass is 387 g/mol. The molecule has 3 aromatic rings. The van der Waals surface area contributed by atoms with Gasteiger partial charge in [-0.15, -0.1) is 0 Å². The van der Waals surface area contributed by atoms with E-state index in [9.17, 15) is 13.2 Å². The van der Waals surface area contributed by atoms with Crippen molar-refractivity contribution >= 4 is 21.0 Å². The third-order valence-corrected chi connectivity index (χ3v) is 6.48. The summed E-state index contributed by atoms with van der Waals surface area (Å²) in [5.74, 6) is 0. The summed E-state index contributed by atoms with van der Waals surface area (Å²) >= 11 is 0. The molecular weight excluding hydrogens is 366 g/mol. The fraction of sp³-hybridized carbons (Fsp3) is 0.368. The number of hydrogen-bond acceptors (Lipinski definition) is 5. The van der Waals surface area contributed by atoms with Crippen LogP contribution in [0.25, 0.3) is 11.0 Å². The average Bonchev–Trinajstić information content (AvgIpc) is 3.31. The molecule has 7 nitrogen and oxygen atoms in total. The first-order chi connectivity index (χ1) is 12.8. The molecule has 1 aromatic carbocycles. The van der Waals surface area contributed by atoms with E-state index >= 15 is 0 Å². The van der Waals surface area contributed by atoms with Crippen LogP contribution in [-0.4, -0.2) is 24.7 Å². The molecule has 0 radical (unpaired) electrons. The number of fused-ring (bicyclic) bond motifs is 1. The van der Waals surface area contributed by atoms with E-state index in [2.05, 4.69) is 9.82 Å². The van der Waals surface area contributed by atoms with E-state index < -0.39 is 15.6 Å². The van der Waals surface area contributed by atoms with Crippen LogP contribution >= 0.6 is 0 Å². The highest BCUT2D eigenvalue weighted by molar-refractivity contribution is 7.89. The van der Waals surface area contributed by atoms with Crippen molar-refractivity contribution in [2.45, 2.75) is 38.1 Å². The summed E-state index contributed by atoms with van der Waals surface area (Å²) in [5, 5.41) is 5.05. The van der Waals surface area contributed by atoms with Crippen LogP contribution < -0.4 is 10.3 Å². The van der Waals surface area contributed by atoms with Crippen LogP contribution in [0.1, 0.15) is 24.2 Å². The zero-order valence-electron chi connectivity index (χ0n) is 15.2. The largest absolute Gasteiger partial charge is 0.423 e. The molecule has 1 aliphatic rings. The molecule has 0 bridgehead atoms. The van der Waals surface area contributed by atoms with Crippen LogP contribution in [0, 0.1) is 19.3 Å². The second-order valence-electron chi connectivity index (χ2n) is 7.36. The lowest BCUT2D eigenvalue weighted by Gasteiger charge is -2.17. The highest BCUT2D eigenvalue weighted by Crippen LogP contribution is 2.46. The van der Waals surface area contributed by atoms with Crippen molar-refractivity contribution in [2.75, 3.05) is 6.54 Å². The van der Waals surface area contributed by atoms with Crippen LogP contribution in [0.5, 0.6) is 0 Å². The molecule has 8 heteroatoms. The van der Waals surface area contributed by atoms with E-state index in [1.807, 2.05) is 24.6 Å². The lowest BCUT2D eigenvalue weighted by molar-refractivity contribution is 0.387. The number of aryl methyl sites for hydroxylation is 2. The molecule has 0 amide bonds. The molecule has 1 aliphatic carbocycles. The van der Waals surface area contributed by atoms with Gasteiger partial charge in [0.2, 0.25) is 10.0 Å². The summed E-state index contributed by atoms with van der Waals surface area (Å²) in [6.45, 7) is 5.04. The van der Waals surface area contributed by atoms with Crippen LogP contribution in [0.3, 0.4) is 0 Å². The summed E-state index contributed by atoms with van der Waals surface area (Å²) < 4.78 is 35.2. The van der Waals surface area contributed by atoms with E-state index in [-0.39, 0.29) is 10.3 Å². The zero-order chi connectivity index (χ0) is 19.2. The normalized spacial score (nSPS) is 15.9.